The van der Waals surface area contributed by atoms with Crippen LogP contribution in [0.2, 0.25) is 5.02 Å². The molecule has 1 aliphatic rings. The third-order valence-corrected chi connectivity index (χ3v) is 4.86. The molecule has 3 rings (SSSR count). The molecule has 1 aliphatic heterocycles. The number of rotatable bonds is 4. The number of likely N-dealkylation sites (N-methyl/N-ethyl adjacent to an activating group) is 1. The van der Waals surface area contributed by atoms with E-state index in [1.807, 2.05) is 36.4 Å². The third-order valence-electron chi connectivity index (χ3n) is 4.49. The quantitative estimate of drug-likeness (QED) is 0.842. The van der Waals surface area contributed by atoms with Crippen LogP contribution >= 0.6 is 11.6 Å². The van der Waals surface area contributed by atoms with Crippen LogP contribution in [-0.2, 0) is 6.54 Å². The lowest BCUT2D eigenvalue weighted by atomic mass is 10.2. The monoisotopic (exact) mass is 358 g/mol. The van der Waals surface area contributed by atoms with Crippen LogP contribution in [0.15, 0.2) is 42.5 Å². The van der Waals surface area contributed by atoms with Gasteiger partial charge < -0.3 is 14.7 Å². The lowest BCUT2D eigenvalue weighted by Gasteiger charge is -2.33. The summed E-state index contributed by atoms with van der Waals surface area (Å²) >= 11 is 6.19. The van der Waals surface area contributed by atoms with Gasteiger partial charge >= 0.3 is 0 Å². The highest BCUT2D eigenvalue weighted by atomic mass is 35.5. The molecule has 0 unspecified atom stereocenters. The molecular formula is C19H23ClN4O. The molecule has 0 bridgehead atoms. The van der Waals surface area contributed by atoms with E-state index < -0.39 is 0 Å². The predicted molar refractivity (Wildman–Crippen MR) is 101 cm³/mol. The van der Waals surface area contributed by atoms with E-state index in [2.05, 4.69) is 21.8 Å². The Hall–Kier alpha value is -2.11. The summed E-state index contributed by atoms with van der Waals surface area (Å²) in [6, 6.07) is 13.2. The fourth-order valence-electron chi connectivity index (χ4n) is 2.90. The average molecular weight is 359 g/mol. The number of hydrogen-bond donors (Lipinski definition) is 0. The van der Waals surface area contributed by atoms with E-state index in [0.29, 0.717) is 17.3 Å². The molecule has 0 saturated carbocycles. The van der Waals surface area contributed by atoms with Crippen LogP contribution in [0, 0.1) is 0 Å². The Bertz CT molecular complexity index is 744. The number of anilines is 1. The number of carbonyl (C=O) groups excluding carboxylic acids is 1. The number of pyridine rings is 1. The lowest BCUT2D eigenvalue weighted by molar-refractivity contribution is 0.0779. The molecule has 1 fully saturated rings. The van der Waals surface area contributed by atoms with Gasteiger partial charge in [-0.2, -0.15) is 0 Å². The van der Waals surface area contributed by atoms with Gasteiger partial charge in [0.15, 0.2) is 0 Å². The van der Waals surface area contributed by atoms with Gasteiger partial charge in [0.2, 0.25) is 0 Å². The van der Waals surface area contributed by atoms with Gasteiger partial charge in [-0.05, 0) is 30.8 Å². The minimum atomic E-state index is -0.101. The molecule has 5 nitrogen and oxygen atoms in total. The summed E-state index contributed by atoms with van der Waals surface area (Å²) in [5.74, 6) is 0.765. The van der Waals surface area contributed by atoms with Gasteiger partial charge in [-0.15, -0.1) is 0 Å². The average Bonchev–Trinajstić information content (AvgIpc) is 2.63. The first-order valence-corrected chi connectivity index (χ1v) is 8.82. The summed E-state index contributed by atoms with van der Waals surface area (Å²) in [6.45, 7) is 4.32. The van der Waals surface area contributed by atoms with Gasteiger partial charge in [-0.3, -0.25) is 4.79 Å². The summed E-state index contributed by atoms with van der Waals surface area (Å²) in [5.41, 5.74) is 1.39. The van der Waals surface area contributed by atoms with Gasteiger partial charge in [0.05, 0.1) is 0 Å². The minimum absolute atomic E-state index is 0.101. The van der Waals surface area contributed by atoms with Gasteiger partial charge in [0, 0.05) is 44.8 Å². The maximum absolute atomic E-state index is 12.7. The van der Waals surface area contributed by atoms with Crippen LogP contribution in [-0.4, -0.2) is 61.0 Å². The molecule has 25 heavy (non-hydrogen) atoms. The van der Waals surface area contributed by atoms with Gasteiger partial charge in [0.1, 0.15) is 11.5 Å². The molecule has 1 saturated heterocycles. The van der Waals surface area contributed by atoms with Crippen molar-refractivity contribution in [2.75, 3.05) is 45.2 Å². The standard InChI is InChI=1S/C19H23ClN4O/c1-22-10-12-24(13-11-22)18-9-5-8-17(21-18)19(25)23(2)14-15-6-3-4-7-16(15)20/h3-9H,10-14H2,1-2H3. The first-order valence-electron chi connectivity index (χ1n) is 8.44. The molecular weight excluding hydrogens is 336 g/mol. The van der Waals surface area contributed by atoms with Gasteiger partial charge in [-0.25, -0.2) is 4.98 Å². The number of hydrogen-bond acceptors (Lipinski definition) is 4. The maximum Gasteiger partial charge on any atom is 0.272 e. The topological polar surface area (TPSA) is 39.7 Å². The summed E-state index contributed by atoms with van der Waals surface area (Å²) < 4.78 is 0. The van der Waals surface area contributed by atoms with E-state index in [1.165, 1.54) is 0 Å². The molecule has 132 valence electrons. The summed E-state index contributed by atoms with van der Waals surface area (Å²) in [7, 11) is 3.89. The number of amides is 1. The zero-order chi connectivity index (χ0) is 17.8. The maximum atomic E-state index is 12.7. The molecule has 1 amide bonds. The molecule has 1 aromatic carbocycles. The zero-order valence-corrected chi connectivity index (χ0v) is 15.4. The molecule has 2 heterocycles. The normalized spacial score (nSPS) is 15.2. The molecule has 0 radical (unpaired) electrons. The van der Waals surface area contributed by atoms with Crippen molar-refractivity contribution < 1.29 is 4.79 Å². The van der Waals surface area contributed by atoms with Crippen molar-refractivity contribution >= 4 is 23.3 Å². The number of benzene rings is 1. The van der Waals surface area contributed by atoms with Gasteiger partial charge in [0.25, 0.3) is 5.91 Å². The van der Waals surface area contributed by atoms with E-state index in [9.17, 15) is 4.79 Å². The second kappa shape index (κ2) is 7.85. The number of aromatic nitrogens is 1. The largest absolute Gasteiger partial charge is 0.354 e. The van der Waals surface area contributed by atoms with Crippen molar-refractivity contribution in [3.05, 3.63) is 58.7 Å². The first kappa shape index (κ1) is 17.7. The summed E-state index contributed by atoms with van der Waals surface area (Å²) in [5, 5.41) is 0.668. The van der Waals surface area contributed by atoms with Crippen molar-refractivity contribution in [1.82, 2.24) is 14.8 Å². The van der Waals surface area contributed by atoms with E-state index in [4.69, 9.17) is 11.6 Å². The lowest BCUT2D eigenvalue weighted by Crippen LogP contribution is -2.45. The Morgan fingerprint density at radius 2 is 1.84 bits per heavy atom. The summed E-state index contributed by atoms with van der Waals surface area (Å²) in [6.07, 6.45) is 0. The van der Waals surface area contributed by atoms with E-state index in [1.54, 1.807) is 18.0 Å². The zero-order valence-electron chi connectivity index (χ0n) is 14.7. The molecule has 1 aromatic heterocycles. The molecule has 0 N–H and O–H groups in total. The van der Waals surface area contributed by atoms with Crippen LogP contribution in [0.4, 0.5) is 5.82 Å². The second-order valence-corrected chi connectivity index (χ2v) is 6.83. The Morgan fingerprint density at radius 1 is 1.12 bits per heavy atom. The van der Waals surface area contributed by atoms with Gasteiger partial charge in [-0.1, -0.05) is 35.9 Å². The predicted octanol–water partition coefficient (Wildman–Crippen LogP) is 2.76. The number of carbonyl (C=O) groups is 1. The molecule has 0 atom stereocenters. The SMILES string of the molecule is CN1CCN(c2cccc(C(=O)N(C)Cc3ccccc3Cl)n2)CC1. The van der Waals surface area contributed by atoms with Crippen LogP contribution < -0.4 is 4.90 Å². The number of piperazine rings is 1. The van der Waals surface area contributed by atoms with Crippen LogP contribution in [0.25, 0.3) is 0 Å². The molecule has 0 spiro atoms. The Kier molecular flexibility index (Phi) is 5.56. The van der Waals surface area contributed by atoms with Crippen molar-refractivity contribution in [2.45, 2.75) is 6.54 Å². The number of halogens is 1. The van der Waals surface area contributed by atoms with Crippen molar-refractivity contribution in [2.24, 2.45) is 0 Å². The summed E-state index contributed by atoms with van der Waals surface area (Å²) in [4.78, 5) is 23.5. The molecule has 2 aromatic rings. The van der Waals surface area contributed by atoms with E-state index >= 15 is 0 Å². The third kappa shape index (κ3) is 4.30. The molecule has 6 heteroatoms. The number of nitrogens with zero attached hydrogens (tertiary/aromatic N) is 4. The first-order chi connectivity index (χ1) is 12.0. The fourth-order valence-corrected chi connectivity index (χ4v) is 3.10. The second-order valence-electron chi connectivity index (χ2n) is 6.42. The fraction of sp³-hybridized carbons (Fsp3) is 0.368. The Labute approximate surface area is 153 Å². The van der Waals surface area contributed by atoms with Crippen molar-refractivity contribution in [3.8, 4) is 0 Å². The van der Waals surface area contributed by atoms with Crippen LogP contribution in [0.1, 0.15) is 16.1 Å². The van der Waals surface area contributed by atoms with Crippen molar-refractivity contribution in [3.63, 3.8) is 0 Å². The highest BCUT2D eigenvalue weighted by Crippen LogP contribution is 2.18. The Morgan fingerprint density at radius 3 is 2.56 bits per heavy atom. The van der Waals surface area contributed by atoms with Crippen molar-refractivity contribution in [1.29, 1.82) is 0 Å². The van der Waals surface area contributed by atoms with Crippen LogP contribution in [0.5, 0.6) is 0 Å². The Balaban J connectivity index is 1.71. The smallest absolute Gasteiger partial charge is 0.272 e. The van der Waals surface area contributed by atoms with E-state index in [-0.39, 0.29) is 5.91 Å². The van der Waals surface area contributed by atoms with Crippen LogP contribution in [0.3, 0.4) is 0 Å². The van der Waals surface area contributed by atoms with E-state index in [0.717, 1.165) is 37.6 Å². The molecule has 0 aliphatic carbocycles. The highest BCUT2D eigenvalue weighted by molar-refractivity contribution is 6.31. The highest BCUT2D eigenvalue weighted by Gasteiger charge is 2.19. The minimum Gasteiger partial charge on any atom is -0.354 e.